The van der Waals surface area contributed by atoms with Crippen molar-refractivity contribution in [2.75, 3.05) is 6.54 Å². The summed E-state index contributed by atoms with van der Waals surface area (Å²) < 4.78 is 29.0. The van der Waals surface area contributed by atoms with E-state index in [9.17, 15) is 13.6 Å². The smallest absolute Gasteiger partial charge is 0.257 e. The maximum Gasteiger partial charge on any atom is 0.257 e. The number of aromatic nitrogens is 2. The standard InChI is InChI=1S/C13H12BrF2N3O/c1-19-7-8(6-18-19)2-3-17-13(20)12-10(15)4-9(14)5-11(12)16/h4-7H,2-3H2,1H3,(H,17,20). The molecule has 4 nitrogen and oxygen atoms in total. The molecule has 7 heteroatoms. The van der Waals surface area contributed by atoms with Crippen molar-refractivity contribution in [3.63, 3.8) is 0 Å². The van der Waals surface area contributed by atoms with E-state index in [1.165, 1.54) is 0 Å². The zero-order valence-corrected chi connectivity index (χ0v) is 12.2. The van der Waals surface area contributed by atoms with Crippen molar-refractivity contribution >= 4 is 21.8 Å². The van der Waals surface area contributed by atoms with E-state index in [4.69, 9.17) is 0 Å². The fourth-order valence-corrected chi connectivity index (χ4v) is 2.17. The molecule has 0 aliphatic heterocycles. The Morgan fingerprint density at radius 3 is 2.60 bits per heavy atom. The van der Waals surface area contributed by atoms with Crippen LogP contribution in [0.4, 0.5) is 8.78 Å². The molecular weight excluding hydrogens is 332 g/mol. The summed E-state index contributed by atoms with van der Waals surface area (Å²) >= 11 is 2.96. The van der Waals surface area contributed by atoms with Gasteiger partial charge in [0.15, 0.2) is 0 Å². The van der Waals surface area contributed by atoms with E-state index in [1.54, 1.807) is 17.9 Å². The van der Waals surface area contributed by atoms with Crippen LogP contribution < -0.4 is 5.32 Å². The maximum absolute atomic E-state index is 13.6. The fraction of sp³-hybridized carbons (Fsp3) is 0.231. The van der Waals surface area contributed by atoms with Crippen molar-refractivity contribution in [3.05, 3.63) is 51.8 Å². The topological polar surface area (TPSA) is 46.9 Å². The molecule has 0 bridgehead atoms. The molecular formula is C13H12BrF2N3O. The molecule has 1 heterocycles. The summed E-state index contributed by atoms with van der Waals surface area (Å²) in [7, 11) is 1.79. The van der Waals surface area contributed by atoms with E-state index < -0.39 is 23.1 Å². The minimum atomic E-state index is -0.893. The number of halogens is 3. The molecule has 1 amide bonds. The number of aryl methyl sites for hydroxylation is 1. The van der Waals surface area contributed by atoms with Crippen LogP contribution in [-0.4, -0.2) is 22.2 Å². The first kappa shape index (κ1) is 14.6. The van der Waals surface area contributed by atoms with E-state index in [0.29, 0.717) is 6.42 Å². The fourth-order valence-electron chi connectivity index (χ4n) is 1.77. The number of carbonyl (C=O) groups is 1. The van der Waals surface area contributed by atoms with Gasteiger partial charge in [-0.05, 0) is 24.1 Å². The van der Waals surface area contributed by atoms with Crippen LogP contribution in [0.15, 0.2) is 29.0 Å². The Hall–Kier alpha value is -1.76. The van der Waals surface area contributed by atoms with Gasteiger partial charge in [0, 0.05) is 24.3 Å². The minimum Gasteiger partial charge on any atom is -0.352 e. The summed E-state index contributed by atoms with van der Waals surface area (Å²) in [6, 6.07) is 2.11. The van der Waals surface area contributed by atoms with E-state index >= 15 is 0 Å². The molecule has 0 fully saturated rings. The first-order chi connectivity index (χ1) is 9.47. The van der Waals surface area contributed by atoms with Crippen LogP contribution in [0.5, 0.6) is 0 Å². The molecule has 0 unspecified atom stereocenters. The predicted octanol–water partition coefficient (Wildman–Crippen LogP) is 2.43. The second-order valence-corrected chi connectivity index (χ2v) is 5.19. The number of benzene rings is 1. The van der Waals surface area contributed by atoms with Gasteiger partial charge in [-0.3, -0.25) is 9.48 Å². The SMILES string of the molecule is Cn1cc(CCNC(=O)c2c(F)cc(Br)cc2F)cn1. The number of hydrogen-bond donors (Lipinski definition) is 1. The number of hydrogen-bond acceptors (Lipinski definition) is 2. The van der Waals surface area contributed by atoms with Crippen molar-refractivity contribution < 1.29 is 13.6 Å². The van der Waals surface area contributed by atoms with E-state index in [0.717, 1.165) is 17.7 Å². The zero-order valence-electron chi connectivity index (χ0n) is 10.7. The normalized spacial score (nSPS) is 10.6. The van der Waals surface area contributed by atoms with Gasteiger partial charge >= 0.3 is 0 Å². The predicted molar refractivity (Wildman–Crippen MR) is 73.3 cm³/mol. The summed E-state index contributed by atoms with van der Waals surface area (Å²) in [5, 5.41) is 6.48. The quantitative estimate of drug-likeness (QED) is 0.926. The molecule has 2 aromatic rings. The Morgan fingerprint density at radius 1 is 1.40 bits per heavy atom. The average molecular weight is 344 g/mol. The highest BCUT2D eigenvalue weighted by atomic mass is 79.9. The summed E-state index contributed by atoms with van der Waals surface area (Å²) in [5.74, 6) is -2.55. The van der Waals surface area contributed by atoms with Gasteiger partial charge in [-0.15, -0.1) is 0 Å². The molecule has 2 rings (SSSR count). The first-order valence-electron chi connectivity index (χ1n) is 5.87. The van der Waals surface area contributed by atoms with E-state index in [1.807, 2.05) is 6.20 Å². The van der Waals surface area contributed by atoms with Gasteiger partial charge < -0.3 is 5.32 Å². The van der Waals surface area contributed by atoms with Gasteiger partial charge in [-0.25, -0.2) is 8.78 Å². The zero-order chi connectivity index (χ0) is 14.7. The third-order valence-electron chi connectivity index (χ3n) is 2.69. The second-order valence-electron chi connectivity index (χ2n) is 4.27. The largest absolute Gasteiger partial charge is 0.352 e. The first-order valence-corrected chi connectivity index (χ1v) is 6.67. The van der Waals surface area contributed by atoms with Crippen LogP contribution in [-0.2, 0) is 13.5 Å². The van der Waals surface area contributed by atoms with Crippen LogP contribution in [0.25, 0.3) is 0 Å². The van der Waals surface area contributed by atoms with Gasteiger partial charge in [-0.1, -0.05) is 15.9 Å². The van der Waals surface area contributed by atoms with Crippen LogP contribution in [0.1, 0.15) is 15.9 Å². The number of nitrogens with zero attached hydrogens (tertiary/aromatic N) is 2. The highest BCUT2D eigenvalue weighted by Crippen LogP contribution is 2.19. The van der Waals surface area contributed by atoms with Gasteiger partial charge in [-0.2, -0.15) is 5.10 Å². The molecule has 1 N–H and O–H groups in total. The van der Waals surface area contributed by atoms with Crippen molar-refractivity contribution in [1.82, 2.24) is 15.1 Å². The number of nitrogens with one attached hydrogen (secondary N) is 1. The molecule has 0 spiro atoms. The summed E-state index contributed by atoms with van der Waals surface area (Å²) in [5.41, 5.74) is 0.365. The van der Waals surface area contributed by atoms with Crippen molar-refractivity contribution in [3.8, 4) is 0 Å². The lowest BCUT2D eigenvalue weighted by Crippen LogP contribution is -2.27. The van der Waals surface area contributed by atoms with Gasteiger partial charge in [0.25, 0.3) is 5.91 Å². The van der Waals surface area contributed by atoms with Crippen LogP contribution in [0, 0.1) is 11.6 Å². The molecule has 1 aromatic carbocycles. The Balaban J connectivity index is 1.98. The molecule has 106 valence electrons. The Morgan fingerprint density at radius 2 is 2.05 bits per heavy atom. The monoisotopic (exact) mass is 343 g/mol. The third kappa shape index (κ3) is 3.41. The summed E-state index contributed by atoms with van der Waals surface area (Å²) in [6.45, 7) is 0.277. The summed E-state index contributed by atoms with van der Waals surface area (Å²) in [4.78, 5) is 11.8. The Kier molecular flexibility index (Phi) is 4.49. The lowest BCUT2D eigenvalue weighted by Gasteiger charge is -2.07. The Bertz CT molecular complexity index is 619. The van der Waals surface area contributed by atoms with Crippen molar-refractivity contribution in [1.29, 1.82) is 0 Å². The molecule has 0 saturated carbocycles. The molecule has 1 aromatic heterocycles. The second kappa shape index (κ2) is 6.13. The number of amides is 1. The number of rotatable bonds is 4. The Labute approximate surface area is 122 Å². The molecule has 0 atom stereocenters. The molecule has 0 saturated heterocycles. The van der Waals surface area contributed by atoms with E-state index in [2.05, 4.69) is 26.3 Å². The van der Waals surface area contributed by atoms with Gasteiger partial charge in [0.05, 0.1) is 6.20 Å². The molecule has 0 radical (unpaired) electrons. The van der Waals surface area contributed by atoms with Crippen molar-refractivity contribution in [2.24, 2.45) is 7.05 Å². The number of carbonyl (C=O) groups excluding carboxylic acids is 1. The average Bonchev–Trinajstić information content (AvgIpc) is 2.73. The molecule has 0 aliphatic rings. The van der Waals surface area contributed by atoms with E-state index in [-0.39, 0.29) is 11.0 Å². The molecule has 20 heavy (non-hydrogen) atoms. The lowest BCUT2D eigenvalue weighted by atomic mass is 10.1. The van der Waals surface area contributed by atoms with Gasteiger partial charge in [0.2, 0.25) is 0 Å². The minimum absolute atomic E-state index is 0.249. The highest BCUT2D eigenvalue weighted by molar-refractivity contribution is 9.10. The third-order valence-corrected chi connectivity index (χ3v) is 3.15. The highest BCUT2D eigenvalue weighted by Gasteiger charge is 2.17. The van der Waals surface area contributed by atoms with Crippen LogP contribution >= 0.6 is 15.9 Å². The van der Waals surface area contributed by atoms with Crippen LogP contribution in [0.3, 0.4) is 0 Å². The van der Waals surface area contributed by atoms with Gasteiger partial charge in [0.1, 0.15) is 17.2 Å². The summed E-state index contributed by atoms with van der Waals surface area (Å²) in [6.07, 6.45) is 4.03. The van der Waals surface area contributed by atoms with Crippen molar-refractivity contribution in [2.45, 2.75) is 6.42 Å². The lowest BCUT2D eigenvalue weighted by molar-refractivity contribution is 0.0945. The maximum atomic E-state index is 13.6. The molecule has 0 aliphatic carbocycles. The van der Waals surface area contributed by atoms with Crippen LogP contribution in [0.2, 0.25) is 0 Å².